The average molecular weight is 210 g/mol. The van der Waals surface area contributed by atoms with E-state index in [1.165, 1.54) is 0 Å². The van der Waals surface area contributed by atoms with E-state index in [4.69, 9.17) is 10.2 Å². The van der Waals surface area contributed by atoms with Crippen LogP contribution in [0.1, 0.15) is 13.8 Å². The van der Waals surface area contributed by atoms with E-state index in [-0.39, 0.29) is 17.3 Å². The van der Waals surface area contributed by atoms with Gasteiger partial charge in [0.1, 0.15) is 0 Å². The van der Waals surface area contributed by atoms with Gasteiger partial charge >= 0.3 is 11.9 Å². The highest BCUT2D eigenvalue weighted by molar-refractivity contribution is 5.80. The van der Waals surface area contributed by atoms with Crippen LogP contribution >= 0.6 is 0 Å². The highest BCUT2D eigenvalue weighted by atomic mass is 16.4. The predicted molar refractivity (Wildman–Crippen MR) is 54.3 cm³/mol. The van der Waals surface area contributed by atoms with E-state index in [0.717, 1.165) is 12.2 Å². The highest BCUT2D eigenvalue weighted by Gasteiger charge is 2.54. The van der Waals surface area contributed by atoms with Gasteiger partial charge in [-0.25, -0.2) is 9.59 Å². The summed E-state index contributed by atoms with van der Waals surface area (Å²) in [6.07, 6.45) is 5.47. The first-order chi connectivity index (χ1) is 6.85. The van der Waals surface area contributed by atoms with Gasteiger partial charge in [-0.3, -0.25) is 0 Å². The SMILES string of the molecule is CC1(C)[C@H](/C=C/C(=O)O)[C@@H]1/C=C/C(=O)O. The molecule has 15 heavy (non-hydrogen) atoms. The minimum Gasteiger partial charge on any atom is -0.478 e. The van der Waals surface area contributed by atoms with Gasteiger partial charge in [0.05, 0.1) is 0 Å². The molecule has 1 aliphatic rings. The van der Waals surface area contributed by atoms with Gasteiger partial charge in [0.15, 0.2) is 0 Å². The number of hydrogen-bond acceptors (Lipinski definition) is 2. The second-order valence-electron chi connectivity index (χ2n) is 4.27. The molecule has 1 rings (SSSR count). The molecule has 1 fully saturated rings. The second kappa shape index (κ2) is 3.88. The molecule has 0 unspecified atom stereocenters. The molecule has 1 aliphatic carbocycles. The van der Waals surface area contributed by atoms with Crippen LogP contribution in [-0.4, -0.2) is 22.2 Å². The Hall–Kier alpha value is -1.58. The van der Waals surface area contributed by atoms with Gasteiger partial charge in [0, 0.05) is 12.2 Å². The molecule has 1 saturated carbocycles. The third kappa shape index (κ3) is 2.68. The van der Waals surface area contributed by atoms with Crippen molar-refractivity contribution in [2.24, 2.45) is 17.3 Å². The van der Waals surface area contributed by atoms with E-state index < -0.39 is 11.9 Å². The van der Waals surface area contributed by atoms with Crippen LogP contribution in [0.3, 0.4) is 0 Å². The fourth-order valence-electron chi connectivity index (χ4n) is 1.83. The molecule has 4 heteroatoms. The minimum absolute atomic E-state index is 0.0437. The summed E-state index contributed by atoms with van der Waals surface area (Å²) in [6, 6.07) is 0. The van der Waals surface area contributed by atoms with E-state index in [1.807, 2.05) is 13.8 Å². The maximum atomic E-state index is 10.3. The molecule has 0 aliphatic heterocycles. The fourth-order valence-corrected chi connectivity index (χ4v) is 1.83. The van der Waals surface area contributed by atoms with Gasteiger partial charge in [-0.05, 0) is 17.3 Å². The van der Waals surface area contributed by atoms with E-state index in [0.29, 0.717) is 0 Å². The van der Waals surface area contributed by atoms with Crippen LogP contribution in [0, 0.1) is 17.3 Å². The molecule has 0 saturated heterocycles. The first-order valence-corrected chi connectivity index (χ1v) is 4.68. The van der Waals surface area contributed by atoms with E-state index in [9.17, 15) is 9.59 Å². The van der Waals surface area contributed by atoms with Crippen LogP contribution in [0.4, 0.5) is 0 Å². The van der Waals surface area contributed by atoms with Crippen LogP contribution in [0.5, 0.6) is 0 Å². The lowest BCUT2D eigenvalue weighted by molar-refractivity contribution is -0.132. The molecule has 2 N–H and O–H groups in total. The zero-order valence-electron chi connectivity index (χ0n) is 8.68. The Morgan fingerprint density at radius 1 is 1.00 bits per heavy atom. The van der Waals surface area contributed by atoms with Gasteiger partial charge in [0.25, 0.3) is 0 Å². The molecule has 0 aromatic heterocycles. The fraction of sp³-hybridized carbons (Fsp3) is 0.455. The third-order valence-corrected chi connectivity index (χ3v) is 2.89. The summed E-state index contributed by atoms with van der Waals surface area (Å²) in [7, 11) is 0. The Morgan fingerprint density at radius 3 is 1.60 bits per heavy atom. The average Bonchev–Trinajstić information content (AvgIpc) is 2.60. The maximum Gasteiger partial charge on any atom is 0.327 e. The van der Waals surface area contributed by atoms with E-state index >= 15 is 0 Å². The molecule has 0 aromatic rings. The van der Waals surface area contributed by atoms with Crippen LogP contribution in [0.25, 0.3) is 0 Å². The lowest BCUT2D eigenvalue weighted by atomic mass is 10.1. The maximum absolute atomic E-state index is 10.3. The molecule has 2 atom stereocenters. The lowest BCUT2D eigenvalue weighted by Crippen LogP contribution is -1.90. The molecule has 0 aromatic carbocycles. The van der Waals surface area contributed by atoms with Crippen molar-refractivity contribution < 1.29 is 19.8 Å². The highest BCUT2D eigenvalue weighted by Crippen LogP contribution is 2.59. The Kier molecular flexibility index (Phi) is 2.98. The Labute approximate surface area is 87.9 Å². The van der Waals surface area contributed by atoms with Crippen LogP contribution in [0.15, 0.2) is 24.3 Å². The molecule has 4 nitrogen and oxygen atoms in total. The van der Waals surface area contributed by atoms with Crippen molar-refractivity contribution >= 4 is 11.9 Å². The molecule has 82 valence electrons. The summed E-state index contributed by atoms with van der Waals surface area (Å²) in [4.78, 5) is 20.6. The van der Waals surface area contributed by atoms with Gasteiger partial charge < -0.3 is 10.2 Å². The number of hydrogen-bond donors (Lipinski definition) is 2. The van der Waals surface area contributed by atoms with Crippen molar-refractivity contribution in [1.29, 1.82) is 0 Å². The zero-order chi connectivity index (χ0) is 11.6. The van der Waals surface area contributed by atoms with E-state index in [1.54, 1.807) is 12.2 Å². The summed E-state index contributed by atoms with van der Waals surface area (Å²) in [5.74, 6) is -1.72. The number of carbonyl (C=O) groups is 2. The van der Waals surface area contributed by atoms with Gasteiger partial charge in [-0.1, -0.05) is 26.0 Å². The normalized spacial score (nSPS) is 28.4. The number of carboxylic acid groups (broad SMARTS) is 2. The molecule has 0 bridgehead atoms. The summed E-state index contributed by atoms with van der Waals surface area (Å²) in [6.45, 7) is 3.97. The minimum atomic E-state index is -0.973. The second-order valence-corrected chi connectivity index (χ2v) is 4.27. The quantitative estimate of drug-likeness (QED) is 0.690. The molecule has 0 amide bonds. The standard InChI is InChI=1S/C11H14O4/c1-11(2)7(3-5-9(12)13)8(11)4-6-10(14)15/h3-8H,1-2H3,(H,12,13)(H,14,15)/b5-3+,6-4+/t7-,8+. The zero-order valence-corrected chi connectivity index (χ0v) is 8.68. The smallest absolute Gasteiger partial charge is 0.327 e. The molecule has 0 heterocycles. The summed E-state index contributed by atoms with van der Waals surface area (Å²) in [5.41, 5.74) is -0.0437. The third-order valence-electron chi connectivity index (χ3n) is 2.89. The number of aliphatic carboxylic acids is 2. The predicted octanol–water partition coefficient (Wildman–Crippen LogP) is 1.54. The molecular weight excluding hydrogens is 196 g/mol. The monoisotopic (exact) mass is 210 g/mol. The lowest BCUT2D eigenvalue weighted by Gasteiger charge is -1.96. The first-order valence-electron chi connectivity index (χ1n) is 4.68. The van der Waals surface area contributed by atoms with Gasteiger partial charge in [0.2, 0.25) is 0 Å². The van der Waals surface area contributed by atoms with E-state index in [2.05, 4.69) is 0 Å². The van der Waals surface area contributed by atoms with Gasteiger partial charge in [-0.15, -0.1) is 0 Å². The summed E-state index contributed by atoms with van der Waals surface area (Å²) < 4.78 is 0. The van der Waals surface area contributed by atoms with Crippen molar-refractivity contribution in [3.05, 3.63) is 24.3 Å². The molecular formula is C11H14O4. The van der Waals surface area contributed by atoms with Crippen molar-refractivity contribution in [2.45, 2.75) is 13.8 Å². The van der Waals surface area contributed by atoms with Crippen LogP contribution in [0.2, 0.25) is 0 Å². The number of carboxylic acids is 2. The van der Waals surface area contributed by atoms with Gasteiger partial charge in [-0.2, -0.15) is 0 Å². The Bertz CT molecular complexity index is 306. The van der Waals surface area contributed by atoms with Crippen molar-refractivity contribution in [1.82, 2.24) is 0 Å². The Balaban J connectivity index is 2.63. The number of allylic oxidation sites excluding steroid dienone is 2. The summed E-state index contributed by atoms with van der Waals surface area (Å²) >= 11 is 0. The molecule has 0 spiro atoms. The Morgan fingerprint density at radius 2 is 1.33 bits per heavy atom. The molecule has 0 radical (unpaired) electrons. The number of rotatable bonds is 4. The van der Waals surface area contributed by atoms with Crippen LogP contribution in [-0.2, 0) is 9.59 Å². The largest absolute Gasteiger partial charge is 0.478 e. The van der Waals surface area contributed by atoms with Crippen molar-refractivity contribution in [2.75, 3.05) is 0 Å². The summed E-state index contributed by atoms with van der Waals surface area (Å²) in [5, 5.41) is 16.9. The first kappa shape index (κ1) is 11.5. The topological polar surface area (TPSA) is 74.6 Å². The van der Waals surface area contributed by atoms with Crippen molar-refractivity contribution in [3.63, 3.8) is 0 Å². The van der Waals surface area contributed by atoms with Crippen LogP contribution < -0.4 is 0 Å². The van der Waals surface area contributed by atoms with Crippen molar-refractivity contribution in [3.8, 4) is 0 Å².